The average molecular weight is 408 g/mol. The second-order valence-corrected chi connectivity index (χ2v) is 9.53. The predicted octanol–water partition coefficient (Wildman–Crippen LogP) is 4.27. The van der Waals surface area contributed by atoms with Crippen LogP contribution in [0.2, 0.25) is 0 Å². The molecule has 1 N–H and O–H groups in total. The van der Waals surface area contributed by atoms with Crippen LogP contribution in [0.1, 0.15) is 61.8 Å². The Bertz CT molecular complexity index is 897. The third-order valence-corrected chi connectivity index (χ3v) is 6.44. The van der Waals surface area contributed by atoms with Crippen molar-refractivity contribution in [2.45, 2.75) is 70.5 Å². The summed E-state index contributed by atoms with van der Waals surface area (Å²) in [6.45, 7) is 7.91. The molecular formula is C26H33NO3. The van der Waals surface area contributed by atoms with Gasteiger partial charge in [0.05, 0.1) is 12.5 Å². The smallest absolute Gasteiger partial charge is 0.226 e. The van der Waals surface area contributed by atoms with Gasteiger partial charge in [0.15, 0.2) is 0 Å². The van der Waals surface area contributed by atoms with E-state index in [1.165, 1.54) is 16.7 Å². The van der Waals surface area contributed by atoms with Gasteiger partial charge in [-0.25, -0.2) is 0 Å². The van der Waals surface area contributed by atoms with Gasteiger partial charge in [0.1, 0.15) is 11.4 Å². The van der Waals surface area contributed by atoms with Crippen LogP contribution in [-0.2, 0) is 24.1 Å². The monoisotopic (exact) mass is 407 g/mol. The third kappa shape index (κ3) is 4.70. The first-order valence-corrected chi connectivity index (χ1v) is 11.2. The first-order chi connectivity index (χ1) is 14.3. The zero-order valence-electron chi connectivity index (χ0n) is 18.4. The van der Waals surface area contributed by atoms with Crippen molar-refractivity contribution in [3.05, 3.63) is 64.7 Å². The topological polar surface area (TPSA) is 49.8 Å². The minimum absolute atomic E-state index is 0.147. The lowest BCUT2D eigenvalue weighted by Crippen LogP contribution is -2.40. The van der Waals surface area contributed by atoms with Crippen LogP contribution in [0.15, 0.2) is 42.5 Å². The van der Waals surface area contributed by atoms with Crippen molar-refractivity contribution in [1.82, 2.24) is 4.90 Å². The number of piperidine rings is 1. The largest absolute Gasteiger partial charge is 0.487 e. The molecular weight excluding hydrogens is 374 g/mol. The van der Waals surface area contributed by atoms with Crippen LogP contribution < -0.4 is 4.74 Å². The van der Waals surface area contributed by atoms with Crippen LogP contribution in [0.5, 0.6) is 5.75 Å². The number of fused-ring (bicyclic) bond motifs is 1. The van der Waals surface area contributed by atoms with Crippen LogP contribution in [0.25, 0.3) is 0 Å². The number of carbonyl (C=O) groups is 1. The standard InChI is InChI=1S/C26H33NO3/c1-18(2)21-7-4-19(5-8-21)16-26(3)17-22-14-20(6-9-24(22)30-26)15-25(29)27-12-10-23(28)11-13-27/h4-9,14,18,23,28H,10-13,15-17H2,1-3H3/t26-/m0/s1. The normalized spacial score (nSPS) is 21.6. The summed E-state index contributed by atoms with van der Waals surface area (Å²) in [5, 5.41) is 9.64. The van der Waals surface area contributed by atoms with Gasteiger partial charge in [-0.2, -0.15) is 0 Å². The van der Waals surface area contributed by atoms with Crippen molar-refractivity contribution >= 4 is 5.91 Å². The molecule has 0 radical (unpaired) electrons. The van der Waals surface area contributed by atoms with E-state index in [0.29, 0.717) is 38.3 Å². The van der Waals surface area contributed by atoms with Gasteiger partial charge < -0.3 is 14.7 Å². The van der Waals surface area contributed by atoms with Gasteiger partial charge >= 0.3 is 0 Å². The van der Waals surface area contributed by atoms with E-state index in [1.54, 1.807) is 0 Å². The van der Waals surface area contributed by atoms with Crippen molar-refractivity contribution in [1.29, 1.82) is 0 Å². The molecule has 0 spiro atoms. The maximum atomic E-state index is 12.6. The first-order valence-electron chi connectivity index (χ1n) is 11.2. The molecule has 1 atom stereocenters. The van der Waals surface area contributed by atoms with Crippen molar-refractivity contribution in [2.24, 2.45) is 0 Å². The molecule has 0 saturated carbocycles. The maximum absolute atomic E-state index is 12.6. The second-order valence-electron chi connectivity index (χ2n) is 9.53. The highest BCUT2D eigenvalue weighted by molar-refractivity contribution is 5.79. The SMILES string of the molecule is CC(C)c1ccc(C[C@@]2(C)Cc3cc(CC(=O)N4CCC(O)CC4)ccc3O2)cc1. The Morgan fingerprint density at radius 1 is 1.13 bits per heavy atom. The Hall–Kier alpha value is -2.33. The van der Waals surface area contributed by atoms with E-state index in [4.69, 9.17) is 4.74 Å². The second kappa shape index (κ2) is 8.43. The minimum atomic E-state index is -0.259. The Morgan fingerprint density at radius 3 is 2.47 bits per heavy atom. The summed E-state index contributed by atoms with van der Waals surface area (Å²) < 4.78 is 6.34. The minimum Gasteiger partial charge on any atom is -0.487 e. The first kappa shape index (κ1) is 20.9. The Morgan fingerprint density at radius 2 is 1.80 bits per heavy atom. The van der Waals surface area contributed by atoms with Gasteiger partial charge in [0.2, 0.25) is 5.91 Å². The molecule has 4 rings (SSSR count). The molecule has 0 aromatic heterocycles. The molecule has 2 aliphatic heterocycles. The highest BCUT2D eigenvalue weighted by Crippen LogP contribution is 2.37. The number of amides is 1. The number of aliphatic hydroxyl groups is 1. The fraction of sp³-hybridized carbons (Fsp3) is 0.500. The summed E-state index contributed by atoms with van der Waals surface area (Å²) in [4.78, 5) is 14.5. The van der Waals surface area contributed by atoms with Gasteiger partial charge in [-0.15, -0.1) is 0 Å². The molecule has 30 heavy (non-hydrogen) atoms. The van der Waals surface area contributed by atoms with E-state index in [1.807, 2.05) is 17.0 Å². The van der Waals surface area contributed by atoms with E-state index >= 15 is 0 Å². The summed E-state index contributed by atoms with van der Waals surface area (Å²) >= 11 is 0. The number of rotatable bonds is 5. The molecule has 0 aliphatic carbocycles. The van der Waals surface area contributed by atoms with Crippen molar-refractivity contribution in [2.75, 3.05) is 13.1 Å². The lowest BCUT2D eigenvalue weighted by molar-refractivity contribution is -0.132. The molecule has 4 heteroatoms. The molecule has 0 bridgehead atoms. The fourth-order valence-corrected chi connectivity index (χ4v) is 4.64. The molecule has 160 valence electrons. The third-order valence-electron chi connectivity index (χ3n) is 6.44. The number of carbonyl (C=O) groups excluding carboxylic acids is 1. The molecule has 2 aromatic rings. The van der Waals surface area contributed by atoms with Crippen LogP contribution in [0.3, 0.4) is 0 Å². The maximum Gasteiger partial charge on any atom is 0.226 e. The number of hydrogen-bond acceptors (Lipinski definition) is 3. The number of likely N-dealkylation sites (tertiary alicyclic amines) is 1. The quantitative estimate of drug-likeness (QED) is 0.805. The van der Waals surface area contributed by atoms with E-state index in [0.717, 1.165) is 24.2 Å². The highest BCUT2D eigenvalue weighted by Gasteiger charge is 2.35. The molecule has 2 aromatic carbocycles. The number of aliphatic hydroxyl groups excluding tert-OH is 1. The predicted molar refractivity (Wildman–Crippen MR) is 119 cm³/mol. The lowest BCUT2D eigenvalue weighted by atomic mass is 9.90. The Balaban J connectivity index is 1.39. The number of benzene rings is 2. The van der Waals surface area contributed by atoms with Crippen LogP contribution in [0, 0.1) is 0 Å². The Kier molecular flexibility index (Phi) is 5.88. The van der Waals surface area contributed by atoms with Crippen molar-refractivity contribution in [3.63, 3.8) is 0 Å². The zero-order valence-corrected chi connectivity index (χ0v) is 18.4. The summed E-state index contributed by atoms with van der Waals surface area (Å²) in [5.74, 6) is 1.63. The molecule has 2 heterocycles. The number of ether oxygens (including phenoxy) is 1. The Labute approximate surface area is 179 Å². The van der Waals surface area contributed by atoms with Gasteiger partial charge in [0.25, 0.3) is 0 Å². The number of hydrogen-bond donors (Lipinski definition) is 1. The van der Waals surface area contributed by atoms with Gasteiger partial charge in [-0.05, 0) is 54.0 Å². The molecule has 1 amide bonds. The van der Waals surface area contributed by atoms with Crippen LogP contribution in [-0.4, -0.2) is 40.7 Å². The fourth-order valence-electron chi connectivity index (χ4n) is 4.64. The van der Waals surface area contributed by atoms with Crippen LogP contribution in [0.4, 0.5) is 0 Å². The summed E-state index contributed by atoms with van der Waals surface area (Å²) in [7, 11) is 0. The summed E-state index contributed by atoms with van der Waals surface area (Å²) in [6, 6.07) is 15.0. The van der Waals surface area contributed by atoms with E-state index in [9.17, 15) is 9.90 Å². The molecule has 2 aliphatic rings. The van der Waals surface area contributed by atoms with E-state index in [-0.39, 0.29) is 17.6 Å². The van der Waals surface area contributed by atoms with Crippen molar-refractivity contribution in [3.8, 4) is 5.75 Å². The molecule has 0 unspecified atom stereocenters. The lowest BCUT2D eigenvalue weighted by Gasteiger charge is -2.29. The molecule has 4 nitrogen and oxygen atoms in total. The van der Waals surface area contributed by atoms with Gasteiger partial charge in [-0.1, -0.05) is 50.2 Å². The molecule has 1 saturated heterocycles. The van der Waals surface area contributed by atoms with Gasteiger partial charge in [-0.3, -0.25) is 4.79 Å². The summed E-state index contributed by atoms with van der Waals surface area (Å²) in [5.41, 5.74) is 4.62. The van der Waals surface area contributed by atoms with E-state index < -0.39 is 0 Å². The van der Waals surface area contributed by atoms with Gasteiger partial charge in [0, 0.05) is 25.9 Å². The summed E-state index contributed by atoms with van der Waals surface area (Å²) in [6.07, 6.45) is 3.24. The number of nitrogens with zero attached hydrogens (tertiary/aromatic N) is 1. The van der Waals surface area contributed by atoms with E-state index in [2.05, 4.69) is 51.1 Å². The molecule has 1 fully saturated rings. The van der Waals surface area contributed by atoms with Crippen LogP contribution >= 0.6 is 0 Å². The van der Waals surface area contributed by atoms with Crippen molar-refractivity contribution < 1.29 is 14.6 Å². The average Bonchev–Trinajstić information content (AvgIpc) is 3.03. The highest BCUT2D eigenvalue weighted by atomic mass is 16.5. The zero-order chi connectivity index (χ0) is 21.3.